The Labute approximate surface area is 149 Å². The predicted molar refractivity (Wildman–Crippen MR) is 101 cm³/mol. The first-order chi connectivity index (χ1) is 11.4. The van der Waals surface area contributed by atoms with E-state index in [0.29, 0.717) is 13.1 Å². The van der Waals surface area contributed by atoms with Gasteiger partial charge in [-0.3, -0.25) is 4.55 Å². The molecule has 0 saturated carbocycles. The molecule has 0 aromatic heterocycles. The minimum atomic E-state index is -4.19. The highest BCUT2D eigenvalue weighted by atomic mass is 32.2. The summed E-state index contributed by atoms with van der Waals surface area (Å²) < 4.78 is 32.0. The summed E-state index contributed by atoms with van der Waals surface area (Å²) in [5.41, 5.74) is 3.03. The highest BCUT2D eigenvalue weighted by molar-refractivity contribution is 7.83. The first kappa shape index (κ1) is 23.8. The summed E-state index contributed by atoms with van der Waals surface area (Å²) in [6.07, 6.45) is 15.6. The fraction of sp³-hybridized carbons (Fsp3) is 1.00. The van der Waals surface area contributed by atoms with E-state index in [2.05, 4.69) is 12.3 Å². The third-order valence-electron chi connectivity index (χ3n) is 4.30. The van der Waals surface area contributed by atoms with Crippen LogP contribution < -0.4 is 5.43 Å². The lowest BCUT2D eigenvalue weighted by molar-refractivity contribution is 0.0208. The van der Waals surface area contributed by atoms with E-state index in [4.69, 9.17) is 4.55 Å². The Bertz CT molecular complexity index is 377. The van der Waals surface area contributed by atoms with Crippen molar-refractivity contribution >= 4 is 10.3 Å². The monoisotopic (exact) mass is 365 g/mol. The molecule has 0 spiro atoms. The van der Waals surface area contributed by atoms with E-state index in [0.717, 1.165) is 17.3 Å². The number of unbranched alkanes of at least 4 members (excludes halogenated alkanes) is 11. The van der Waals surface area contributed by atoms with Gasteiger partial charge in [0.1, 0.15) is 0 Å². The largest absolute Gasteiger partial charge is 0.349 e. The Balaban J connectivity index is 3.44. The lowest BCUT2D eigenvalue weighted by Crippen LogP contribution is -2.51. The van der Waals surface area contributed by atoms with Crippen LogP contribution in [-0.4, -0.2) is 42.6 Å². The van der Waals surface area contributed by atoms with Crippen molar-refractivity contribution in [1.82, 2.24) is 15.0 Å². The molecule has 24 heavy (non-hydrogen) atoms. The van der Waals surface area contributed by atoms with Crippen molar-refractivity contribution in [3.8, 4) is 0 Å². The molecule has 0 amide bonds. The van der Waals surface area contributed by atoms with Gasteiger partial charge in [0.2, 0.25) is 0 Å². The number of nitrogens with zero attached hydrogens (tertiary/aromatic N) is 2. The molecular formula is C17H39N3O3S. The summed E-state index contributed by atoms with van der Waals surface area (Å²) in [7, 11) is -2.86. The lowest BCUT2D eigenvalue weighted by atomic mass is 10.1. The predicted octanol–water partition coefficient (Wildman–Crippen LogP) is 4.16. The molecule has 0 aliphatic carbocycles. The molecule has 0 fully saturated rings. The van der Waals surface area contributed by atoms with Crippen LogP contribution in [0.15, 0.2) is 0 Å². The lowest BCUT2D eigenvalue weighted by Gasteiger charge is -2.28. The van der Waals surface area contributed by atoms with Gasteiger partial charge in [-0.2, -0.15) is 13.5 Å². The molecule has 0 bridgehead atoms. The molecule has 0 aliphatic rings. The molecule has 0 unspecified atom stereocenters. The van der Waals surface area contributed by atoms with Crippen molar-refractivity contribution in [2.45, 2.75) is 90.9 Å². The zero-order chi connectivity index (χ0) is 18.3. The van der Waals surface area contributed by atoms with Crippen LogP contribution in [0.4, 0.5) is 0 Å². The summed E-state index contributed by atoms with van der Waals surface area (Å²) in [5, 5.41) is 1.41. The van der Waals surface area contributed by atoms with Crippen molar-refractivity contribution in [3.05, 3.63) is 0 Å². The van der Waals surface area contributed by atoms with Gasteiger partial charge in [0.25, 0.3) is 0 Å². The van der Waals surface area contributed by atoms with E-state index in [-0.39, 0.29) is 0 Å². The van der Waals surface area contributed by atoms with Gasteiger partial charge in [-0.05, 0) is 13.3 Å². The summed E-state index contributed by atoms with van der Waals surface area (Å²) >= 11 is 0. The maximum Gasteiger partial charge on any atom is 0.349 e. The molecule has 0 aromatic carbocycles. The minimum absolute atomic E-state index is 0.467. The van der Waals surface area contributed by atoms with Crippen LogP contribution in [0.25, 0.3) is 0 Å². The molecule has 0 saturated heterocycles. The van der Waals surface area contributed by atoms with Crippen molar-refractivity contribution in [2.75, 3.05) is 20.1 Å². The highest BCUT2D eigenvalue weighted by Crippen LogP contribution is 2.11. The first-order valence-electron chi connectivity index (χ1n) is 9.65. The van der Waals surface area contributed by atoms with E-state index in [1.807, 2.05) is 6.92 Å². The van der Waals surface area contributed by atoms with Crippen molar-refractivity contribution in [1.29, 1.82) is 0 Å². The fourth-order valence-electron chi connectivity index (χ4n) is 2.71. The van der Waals surface area contributed by atoms with Gasteiger partial charge in [-0.1, -0.05) is 77.6 Å². The molecule has 0 aliphatic heterocycles. The topological polar surface area (TPSA) is 72.9 Å². The molecule has 0 atom stereocenters. The Kier molecular flexibility index (Phi) is 14.9. The van der Waals surface area contributed by atoms with E-state index in [9.17, 15) is 8.42 Å². The quantitative estimate of drug-likeness (QED) is 0.230. The zero-order valence-electron chi connectivity index (χ0n) is 16.0. The van der Waals surface area contributed by atoms with Crippen LogP contribution >= 0.6 is 0 Å². The second-order valence-electron chi connectivity index (χ2n) is 6.43. The van der Waals surface area contributed by atoms with Gasteiger partial charge in [0.05, 0.1) is 0 Å². The van der Waals surface area contributed by atoms with Crippen LogP contribution in [0.2, 0.25) is 0 Å². The maximum atomic E-state index is 11.1. The van der Waals surface area contributed by atoms with Crippen molar-refractivity contribution in [3.63, 3.8) is 0 Å². The summed E-state index contributed by atoms with van der Waals surface area (Å²) in [6, 6.07) is 0. The molecular weight excluding hydrogens is 326 g/mol. The fourth-order valence-corrected chi connectivity index (χ4v) is 3.13. The van der Waals surface area contributed by atoms with Crippen molar-refractivity contribution in [2.24, 2.45) is 0 Å². The molecule has 0 heterocycles. The number of rotatable bonds is 17. The smallest absolute Gasteiger partial charge is 0.272 e. The average Bonchev–Trinajstić information content (AvgIpc) is 2.54. The SMILES string of the molecule is CCCCCCCCCCCCCCNN(CC)N(C)S(=O)(=O)O. The summed E-state index contributed by atoms with van der Waals surface area (Å²) in [4.78, 5) is 0. The standard InChI is InChI=1S/C17H39N3O3S/c1-4-6-7-8-9-10-11-12-13-14-15-16-17-18-20(5-2)19(3)24(21,22)23/h18H,4-17H2,1-3H3,(H,21,22,23). The van der Waals surface area contributed by atoms with E-state index >= 15 is 0 Å². The minimum Gasteiger partial charge on any atom is -0.272 e. The maximum absolute atomic E-state index is 11.1. The molecule has 2 N–H and O–H groups in total. The average molecular weight is 366 g/mol. The van der Waals surface area contributed by atoms with Crippen LogP contribution in [-0.2, 0) is 10.3 Å². The van der Waals surface area contributed by atoms with E-state index < -0.39 is 10.3 Å². The van der Waals surface area contributed by atoms with Gasteiger partial charge in [0, 0.05) is 20.1 Å². The Morgan fingerprint density at radius 3 is 1.58 bits per heavy atom. The molecule has 0 radical (unpaired) electrons. The van der Waals surface area contributed by atoms with Crippen LogP contribution in [0.5, 0.6) is 0 Å². The molecule has 146 valence electrons. The molecule has 0 aromatic rings. The van der Waals surface area contributed by atoms with Crippen LogP contribution in [0.1, 0.15) is 90.9 Å². The molecule has 6 nitrogen and oxygen atoms in total. The van der Waals surface area contributed by atoms with Gasteiger partial charge in [0.15, 0.2) is 0 Å². The zero-order valence-corrected chi connectivity index (χ0v) is 16.8. The Morgan fingerprint density at radius 2 is 1.21 bits per heavy atom. The van der Waals surface area contributed by atoms with Gasteiger partial charge >= 0.3 is 10.3 Å². The second kappa shape index (κ2) is 15.1. The summed E-state index contributed by atoms with van der Waals surface area (Å²) in [5.74, 6) is 0. The van der Waals surface area contributed by atoms with Gasteiger partial charge in [-0.15, -0.1) is 4.41 Å². The third kappa shape index (κ3) is 13.1. The normalized spacial score (nSPS) is 12.4. The van der Waals surface area contributed by atoms with Gasteiger partial charge < -0.3 is 0 Å². The van der Waals surface area contributed by atoms with Crippen molar-refractivity contribution < 1.29 is 13.0 Å². The highest BCUT2D eigenvalue weighted by Gasteiger charge is 2.19. The number of hydrogen-bond acceptors (Lipinski definition) is 4. The Morgan fingerprint density at radius 1 is 0.792 bits per heavy atom. The Hall–Kier alpha value is -0.210. The second-order valence-corrected chi connectivity index (χ2v) is 7.85. The molecule has 7 heteroatoms. The number of nitrogens with one attached hydrogen (secondary N) is 1. The van der Waals surface area contributed by atoms with Gasteiger partial charge in [-0.25, -0.2) is 5.43 Å². The van der Waals surface area contributed by atoms with Crippen LogP contribution in [0.3, 0.4) is 0 Å². The number of hydrazine groups is 2. The first-order valence-corrected chi connectivity index (χ1v) is 11.1. The van der Waals surface area contributed by atoms with E-state index in [1.54, 1.807) is 0 Å². The third-order valence-corrected chi connectivity index (χ3v) is 5.16. The molecule has 0 rings (SSSR count). The number of hydrogen-bond donors (Lipinski definition) is 2. The summed E-state index contributed by atoms with van der Waals surface area (Å²) in [6.45, 7) is 5.26. The van der Waals surface area contributed by atoms with Crippen LogP contribution in [0, 0.1) is 0 Å². The van der Waals surface area contributed by atoms with E-state index in [1.165, 1.54) is 76.4 Å².